The Balaban J connectivity index is 1.79. The molecule has 0 aliphatic rings. The van der Waals surface area contributed by atoms with Crippen LogP contribution in [-0.2, 0) is 17.8 Å². The first kappa shape index (κ1) is 19.8. The van der Waals surface area contributed by atoms with Crippen molar-refractivity contribution in [3.8, 4) is 0 Å². The molecule has 0 unspecified atom stereocenters. The van der Waals surface area contributed by atoms with Crippen LogP contribution in [0.15, 0.2) is 72.9 Å². The van der Waals surface area contributed by atoms with Crippen LogP contribution >= 0.6 is 0 Å². The second-order valence-corrected chi connectivity index (χ2v) is 6.67. The molecule has 1 amide bonds. The Kier molecular flexibility index (Phi) is 6.98. The SMILES string of the molecule is COCCCN(Cc1cccn1Cc1ccccc1)C(=O)c1ccccc1F. The molecule has 0 radical (unpaired) electrons. The van der Waals surface area contributed by atoms with E-state index < -0.39 is 5.82 Å². The van der Waals surface area contributed by atoms with Crippen LogP contribution in [0.5, 0.6) is 0 Å². The molecule has 0 aliphatic carbocycles. The summed E-state index contributed by atoms with van der Waals surface area (Å²) in [6, 6.07) is 20.3. The normalized spacial score (nSPS) is 10.8. The molecule has 146 valence electrons. The number of amides is 1. The Morgan fingerprint density at radius 2 is 1.79 bits per heavy atom. The van der Waals surface area contributed by atoms with Gasteiger partial charge in [0.15, 0.2) is 0 Å². The molecule has 0 bridgehead atoms. The van der Waals surface area contributed by atoms with Gasteiger partial charge in [-0.15, -0.1) is 0 Å². The number of nitrogens with zero attached hydrogens (tertiary/aromatic N) is 2. The van der Waals surface area contributed by atoms with E-state index in [4.69, 9.17) is 4.74 Å². The van der Waals surface area contributed by atoms with Crippen molar-refractivity contribution in [3.63, 3.8) is 0 Å². The minimum atomic E-state index is -0.496. The van der Waals surface area contributed by atoms with E-state index in [0.717, 1.165) is 12.2 Å². The van der Waals surface area contributed by atoms with Gasteiger partial charge in [0.2, 0.25) is 0 Å². The summed E-state index contributed by atoms with van der Waals surface area (Å²) in [5.74, 6) is -0.800. The van der Waals surface area contributed by atoms with E-state index in [-0.39, 0.29) is 11.5 Å². The third kappa shape index (κ3) is 5.08. The molecule has 2 aromatic carbocycles. The Morgan fingerprint density at radius 3 is 2.54 bits per heavy atom. The third-order valence-electron chi connectivity index (χ3n) is 4.64. The molecule has 1 heterocycles. The molecular formula is C23H25FN2O2. The minimum absolute atomic E-state index is 0.0982. The lowest BCUT2D eigenvalue weighted by Crippen LogP contribution is -2.33. The molecule has 0 spiro atoms. The molecule has 3 rings (SSSR count). The van der Waals surface area contributed by atoms with Crippen molar-refractivity contribution in [2.24, 2.45) is 0 Å². The smallest absolute Gasteiger partial charge is 0.257 e. The number of halogens is 1. The lowest BCUT2D eigenvalue weighted by Gasteiger charge is -2.24. The number of hydrogen-bond acceptors (Lipinski definition) is 2. The molecule has 0 saturated carbocycles. The lowest BCUT2D eigenvalue weighted by atomic mass is 10.1. The fraction of sp³-hybridized carbons (Fsp3) is 0.261. The maximum Gasteiger partial charge on any atom is 0.257 e. The summed E-state index contributed by atoms with van der Waals surface area (Å²) < 4.78 is 21.4. The summed E-state index contributed by atoms with van der Waals surface area (Å²) in [5, 5.41) is 0. The van der Waals surface area contributed by atoms with Gasteiger partial charge < -0.3 is 14.2 Å². The summed E-state index contributed by atoms with van der Waals surface area (Å²) in [6.45, 7) is 2.18. The van der Waals surface area contributed by atoms with Gasteiger partial charge in [-0.2, -0.15) is 0 Å². The van der Waals surface area contributed by atoms with Crippen LogP contribution < -0.4 is 0 Å². The van der Waals surface area contributed by atoms with E-state index in [1.54, 1.807) is 24.1 Å². The van der Waals surface area contributed by atoms with Crippen LogP contribution in [0.4, 0.5) is 4.39 Å². The number of aromatic nitrogens is 1. The van der Waals surface area contributed by atoms with Crippen molar-refractivity contribution < 1.29 is 13.9 Å². The summed E-state index contributed by atoms with van der Waals surface area (Å²) >= 11 is 0. The van der Waals surface area contributed by atoms with Gasteiger partial charge in [-0.05, 0) is 36.2 Å². The fourth-order valence-corrected chi connectivity index (χ4v) is 3.18. The molecule has 0 aliphatic heterocycles. The maximum absolute atomic E-state index is 14.2. The van der Waals surface area contributed by atoms with Gasteiger partial charge in [0.25, 0.3) is 5.91 Å². The van der Waals surface area contributed by atoms with Gasteiger partial charge in [-0.1, -0.05) is 42.5 Å². The van der Waals surface area contributed by atoms with E-state index in [1.807, 2.05) is 36.5 Å². The number of carbonyl (C=O) groups is 1. The number of carbonyl (C=O) groups excluding carboxylic acids is 1. The topological polar surface area (TPSA) is 34.5 Å². The molecule has 5 heteroatoms. The van der Waals surface area contributed by atoms with Crippen molar-refractivity contribution in [2.75, 3.05) is 20.3 Å². The summed E-state index contributed by atoms with van der Waals surface area (Å²) in [4.78, 5) is 14.7. The predicted molar refractivity (Wildman–Crippen MR) is 108 cm³/mol. The van der Waals surface area contributed by atoms with Gasteiger partial charge >= 0.3 is 0 Å². The number of methoxy groups -OCH3 is 1. The van der Waals surface area contributed by atoms with Crippen molar-refractivity contribution in [1.29, 1.82) is 0 Å². The van der Waals surface area contributed by atoms with Crippen LogP contribution in [0.2, 0.25) is 0 Å². The van der Waals surface area contributed by atoms with E-state index in [9.17, 15) is 9.18 Å². The molecule has 1 aromatic heterocycles. The molecule has 4 nitrogen and oxygen atoms in total. The molecular weight excluding hydrogens is 355 g/mol. The highest BCUT2D eigenvalue weighted by atomic mass is 19.1. The highest BCUT2D eigenvalue weighted by Crippen LogP contribution is 2.15. The first-order valence-corrected chi connectivity index (χ1v) is 9.39. The van der Waals surface area contributed by atoms with Crippen molar-refractivity contribution in [3.05, 3.63) is 95.6 Å². The Hall–Kier alpha value is -2.92. The predicted octanol–water partition coefficient (Wildman–Crippen LogP) is 4.35. The second kappa shape index (κ2) is 9.85. The molecule has 3 aromatic rings. The van der Waals surface area contributed by atoms with E-state index in [1.165, 1.54) is 17.7 Å². The monoisotopic (exact) mass is 380 g/mol. The molecule has 0 fully saturated rings. The molecule has 0 saturated heterocycles. The number of ether oxygens (including phenoxy) is 1. The van der Waals surface area contributed by atoms with Crippen LogP contribution in [0.1, 0.15) is 28.0 Å². The highest BCUT2D eigenvalue weighted by molar-refractivity contribution is 5.94. The first-order chi connectivity index (χ1) is 13.7. The van der Waals surface area contributed by atoms with Crippen molar-refractivity contribution in [2.45, 2.75) is 19.5 Å². The standard InChI is InChI=1S/C23H25FN2O2/c1-28-16-8-15-26(23(27)21-12-5-6-13-22(21)24)18-20-11-7-14-25(20)17-19-9-3-2-4-10-19/h2-7,9-14H,8,15-18H2,1H3. The van der Waals surface area contributed by atoms with Crippen molar-refractivity contribution in [1.82, 2.24) is 9.47 Å². The summed E-state index contributed by atoms with van der Waals surface area (Å²) in [5.41, 5.74) is 2.29. The van der Waals surface area contributed by atoms with Crippen molar-refractivity contribution >= 4 is 5.91 Å². The fourth-order valence-electron chi connectivity index (χ4n) is 3.18. The average molecular weight is 380 g/mol. The van der Waals surface area contributed by atoms with Gasteiger partial charge in [-0.3, -0.25) is 4.79 Å². The molecule has 28 heavy (non-hydrogen) atoms. The van der Waals surface area contributed by atoms with Crippen LogP contribution in [0.3, 0.4) is 0 Å². The van der Waals surface area contributed by atoms with Gasteiger partial charge in [0, 0.05) is 38.7 Å². The van der Waals surface area contributed by atoms with E-state index >= 15 is 0 Å². The zero-order valence-corrected chi connectivity index (χ0v) is 16.1. The zero-order chi connectivity index (χ0) is 19.8. The van der Waals surface area contributed by atoms with Crippen LogP contribution in [-0.4, -0.2) is 35.6 Å². The zero-order valence-electron chi connectivity index (χ0n) is 16.1. The summed E-state index contributed by atoms with van der Waals surface area (Å²) in [7, 11) is 1.63. The average Bonchev–Trinajstić information content (AvgIpc) is 3.14. The van der Waals surface area contributed by atoms with E-state index in [2.05, 4.69) is 16.7 Å². The van der Waals surface area contributed by atoms with Gasteiger partial charge in [-0.25, -0.2) is 4.39 Å². The Labute approximate surface area is 165 Å². The van der Waals surface area contributed by atoms with Gasteiger partial charge in [0.05, 0.1) is 12.1 Å². The Morgan fingerprint density at radius 1 is 1.04 bits per heavy atom. The van der Waals surface area contributed by atoms with Gasteiger partial charge in [0.1, 0.15) is 5.82 Å². The third-order valence-corrected chi connectivity index (χ3v) is 4.64. The number of hydrogen-bond donors (Lipinski definition) is 0. The molecule has 0 atom stereocenters. The van der Waals surface area contributed by atoms with Crippen LogP contribution in [0.25, 0.3) is 0 Å². The van der Waals surface area contributed by atoms with Crippen LogP contribution in [0, 0.1) is 5.82 Å². The largest absolute Gasteiger partial charge is 0.385 e. The lowest BCUT2D eigenvalue weighted by molar-refractivity contribution is 0.0715. The maximum atomic E-state index is 14.2. The number of rotatable bonds is 9. The summed E-state index contributed by atoms with van der Waals surface area (Å²) in [6.07, 6.45) is 2.69. The van der Waals surface area contributed by atoms with E-state index in [0.29, 0.717) is 26.1 Å². The first-order valence-electron chi connectivity index (χ1n) is 9.39. The number of benzene rings is 2. The quantitative estimate of drug-likeness (QED) is 0.517. The second-order valence-electron chi connectivity index (χ2n) is 6.67. The minimum Gasteiger partial charge on any atom is -0.385 e. The molecule has 0 N–H and O–H groups in total. The highest BCUT2D eigenvalue weighted by Gasteiger charge is 2.20. The Bertz CT molecular complexity index is 892.